The second-order valence-electron chi connectivity index (χ2n) is 4.02. The maximum Gasteiger partial charge on any atom is 0.253 e. The molecule has 1 aliphatic heterocycles. The predicted molar refractivity (Wildman–Crippen MR) is 75.9 cm³/mol. The molecule has 1 aromatic rings. The molecule has 0 saturated heterocycles. The summed E-state index contributed by atoms with van der Waals surface area (Å²) in [5, 5.41) is 6.61. The van der Waals surface area contributed by atoms with Crippen molar-refractivity contribution in [3.8, 4) is 0 Å². The van der Waals surface area contributed by atoms with Crippen LogP contribution < -0.4 is 5.01 Å². The van der Waals surface area contributed by atoms with E-state index in [1.54, 1.807) is 12.1 Å². The van der Waals surface area contributed by atoms with Crippen LogP contribution in [0.2, 0.25) is 15.1 Å². The fraction of sp³-hybridized carbons (Fsp3) is 0.333. The Hall–Kier alpha value is -0.770. The van der Waals surface area contributed by atoms with E-state index in [9.17, 15) is 4.79 Å². The number of nitrogens with zero attached hydrogens (tertiary/aromatic N) is 2. The molecule has 0 aromatic heterocycles. The van der Waals surface area contributed by atoms with Gasteiger partial charge in [0.2, 0.25) is 0 Å². The largest absolute Gasteiger partial charge is 0.272 e. The Bertz CT molecular complexity index is 505. The highest BCUT2D eigenvalue weighted by atomic mass is 35.5. The Kier molecular flexibility index (Phi) is 4.15. The molecule has 1 amide bonds. The highest BCUT2D eigenvalue weighted by Crippen LogP contribution is 2.38. The summed E-state index contributed by atoms with van der Waals surface area (Å²) in [5.41, 5.74) is 1.25. The topological polar surface area (TPSA) is 32.7 Å². The standard InChI is InChI=1S/C12H11Cl3N2O/c1-2-3-8-6-11(18)17(16-8)12-9(14)4-7(13)5-10(12)15/h4-5H,2-3,6H2,1H3. The lowest BCUT2D eigenvalue weighted by molar-refractivity contribution is -0.116. The first-order valence-electron chi connectivity index (χ1n) is 5.56. The Labute approximate surface area is 120 Å². The molecule has 0 saturated carbocycles. The molecule has 0 N–H and O–H groups in total. The third-order valence-electron chi connectivity index (χ3n) is 2.56. The van der Waals surface area contributed by atoms with Gasteiger partial charge < -0.3 is 0 Å². The number of carbonyl (C=O) groups is 1. The fourth-order valence-electron chi connectivity index (χ4n) is 1.82. The van der Waals surface area contributed by atoms with Gasteiger partial charge in [-0.25, -0.2) is 0 Å². The first kappa shape index (κ1) is 13.7. The van der Waals surface area contributed by atoms with Crippen molar-refractivity contribution in [1.29, 1.82) is 0 Å². The summed E-state index contributed by atoms with van der Waals surface area (Å²) in [7, 11) is 0. The molecular formula is C12H11Cl3N2O. The summed E-state index contributed by atoms with van der Waals surface area (Å²) in [6, 6.07) is 3.09. The second-order valence-corrected chi connectivity index (χ2v) is 5.27. The van der Waals surface area contributed by atoms with E-state index in [0.717, 1.165) is 18.6 Å². The predicted octanol–water partition coefficient (Wildman–Crippen LogP) is 4.54. The van der Waals surface area contributed by atoms with Gasteiger partial charge in [0.05, 0.1) is 16.5 Å². The first-order valence-corrected chi connectivity index (χ1v) is 6.70. The molecule has 0 spiro atoms. The van der Waals surface area contributed by atoms with Crippen molar-refractivity contribution in [2.45, 2.75) is 26.2 Å². The number of hydrogen-bond donors (Lipinski definition) is 0. The van der Waals surface area contributed by atoms with E-state index in [0.29, 0.717) is 27.2 Å². The third-order valence-corrected chi connectivity index (χ3v) is 3.36. The van der Waals surface area contributed by atoms with Gasteiger partial charge in [0.25, 0.3) is 5.91 Å². The highest BCUT2D eigenvalue weighted by Gasteiger charge is 2.28. The zero-order valence-electron chi connectivity index (χ0n) is 9.71. The van der Waals surface area contributed by atoms with Crippen molar-refractivity contribution >= 4 is 52.1 Å². The Morgan fingerprint density at radius 1 is 1.28 bits per heavy atom. The number of hydrogen-bond acceptors (Lipinski definition) is 2. The maximum atomic E-state index is 11.9. The lowest BCUT2D eigenvalue weighted by Gasteiger charge is -2.15. The molecule has 1 heterocycles. The van der Waals surface area contributed by atoms with Gasteiger partial charge in [-0.1, -0.05) is 48.1 Å². The highest BCUT2D eigenvalue weighted by molar-refractivity contribution is 6.42. The molecule has 18 heavy (non-hydrogen) atoms. The number of anilines is 1. The van der Waals surface area contributed by atoms with Crippen LogP contribution in [-0.4, -0.2) is 11.6 Å². The van der Waals surface area contributed by atoms with Crippen LogP contribution in [0.4, 0.5) is 5.69 Å². The molecule has 0 bridgehead atoms. The number of benzene rings is 1. The smallest absolute Gasteiger partial charge is 0.253 e. The summed E-state index contributed by atoms with van der Waals surface area (Å²) in [6.45, 7) is 2.04. The van der Waals surface area contributed by atoms with Gasteiger partial charge in [0.1, 0.15) is 5.69 Å². The molecule has 2 rings (SSSR count). The minimum Gasteiger partial charge on any atom is -0.272 e. The molecule has 96 valence electrons. The molecule has 3 nitrogen and oxygen atoms in total. The van der Waals surface area contributed by atoms with Crippen molar-refractivity contribution in [2.75, 3.05) is 5.01 Å². The molecule has 0 atom stereocenters. The Balaban J connectivity index is 2.40. The van der Waals surface area contributed by atoms with E-state index in [-0.39, 0.29) is 5.91 Å². The summed E-state index contributed by atoms with van der Waals surface area (Å²) in [6.07, 6.45) is 2.07. The van der Waals surface area contributed by atoms with Crippen LogP contribution in [0.25, 0.3) is 0 Å². The first-order chi connectivity index (χ1) is 8.52. The minimum absolute atomic E-state index is 0.121. The summed E-state index contributed by atoms with van der Waals surface area (Å²) < 4.78 is 0. The molecule has 1 aliphatic rings. The lowest BCUT2D eigenvalue weighted by atomic mass is 10.2. The van der Waals surface area contributed by atoms with Crippen LogP contribution in [0.5, 0.6) is 0 Å². The van der Waals surface area contributed by atoms with Crippen LogP contribution in [0.1, 0.15) is 26.2 Å². The average molecular weight is 306 g/mol. The molecule has 1 aromatic carbocycles. The summed E-state index contributed by atoms with van der Waals surface area (Å²) >= 11 is 18.0. The van der Waals surface area contributed by atoms with E-state index < -0.39 is 0 Å². The molecular weight excluding hydrogens is 295 g/mol. The van der Waals surface area contributed by atoms with E-state index in [2.05, 4.69) is 5.10 Å². The van der Waals surface area contributed by atoms with Gasteiger partial charge in [0, 0.05) is 10.7 Å². The molecule has 6 heteroatoms. The number of amides is 1. The summed E-state index contributed by atoms with van der Waals surface area (Å²) in [5.74, 6) is -0.121. The second kappa shape index (κ2) is 5.47. The van der Waals surface area contributed by atoms with E-state index in [1.807, 2.05) is 6.92 Å². The monoisotopic (exact) mass is 304 g/mol. The molecule has 0 radical (unpaired) electrons. The van der Waals surface area contributed by atoms with Crippen molar-refractivity contribution in [3.05, 3.63) is 27.2 Å². The van der Waals surface area contributed by atoms with Gasteiger partial charge >= 0.3 is 0 Å². The zero-order valence-corrected chi connectivity index (χ0v) is 12.0. The number of hydrazone groups is 1. The van der Waals surface area contributed by atoms with Gasteiger partial charge in [-0.15, -0.1) is 0 Å². The maximum absolute atomic E-state index is 11.9. The zero-order chi connectivity index (χ0) is 13.3. The Morgan fingerprint density at radius 2 is 1.89 bits per heavy atom. The lowest BCUT2D eigenvalue weighted by Crippen LogP contribution is -2.20. The fourth-order valence-corrected chi connectivity index (χ4v) is 2.80. The van der Waals surface area contributed by atoms with Gasteiger partial charge in [-0.3, -0.25) is 4.79 Å². The van der Waals surface area contributed by atoms with E-state index >= 15 is 0 Å². The molecule has 0 unspecified atom stereocenters. The number of carbonyl (C=O) groups excluding carboxylic acids is 1. The van der Waals surface area contributed by atoms with Crippen molar-refractivity contribution < 1.29 is 4.79 Å². The van der Waals surface area contributed by atoms with Gasteiger partial charge in [-0.2, -0.15) is 10.1 Å². The average Bonchev–Trinajstić information content (AvgIpc) is 2.59. The van der Waals surface area contributed by atoms with Crippen LogP contribution in [-0.2, 0) is 4.79 Å². The quantitative estimate of drug-likeness (QED) is 0.807. The third kappa shape index (κ3) is 2.63. The minimum atomic E-state index is -0.121. The Morgan fingerprint density at radius 3 is 2.44 bits per heavy atom. The molecule has 0 fully saturated rings. The summed E-state index contributed by atoms with van der Waals surface area (Å²) in [4.78, 5) is 11.9. The van der Waals surface area contributed by atoms with Crippen molar-refractivity contribution in [1.82, 2.24) is 0 Å². The van der Waals surface area contributed by atoms with Crippen molar-refractivity contribution in [3.63, 3.8) is 0 Å². The number of rotatable bonds is 3. The van der Waals surface area contributed by atoms with E-state index in [1.165, 1.54) is 5.01 Å². The normalized spacial score (nSPS) is 15.2. The van der Waals surface area contributed by atoms with Crippen LogP contribution >= 0.6 is 34.8 Å². The van der Waals surface area contributed by atoms with Gasteiger partial charge in [-0.05, 0) is 18.6 Å². The van der Waals surface area contributed by atoms with Crippen molar-refractivity contribution in [2.24, 2.45) is 5.10 Å². The number of halogens is 3. The van der Waals surface area contributed by atoms with Crippen LogP contribution in [0.15, 0.2) is 17.2 Å². The van der Waals surface area contributed by atoms with E-state index in [4.69, 9.17) is 34.8 Å². The SMILES string of the molecule is CCCC1=NN(c2c(Cl)cc(Cl)cc2Cl)C(=O)C1. The van der Waals surface area contributed by atoms with Gasteiger partial charge in [0.15, 0.2) is 0 Å². The van der Waals surface area contributed by atoms with Crippen LogP contribution in [0.3, 0.4) is 0 Å². The molecule has 0 aliphatic carbocycles. The van der Waals surface area contributed by atoms with Crippen LogP contribution in [0, 0.1) is 0 Å².